The van der Waals surface area contributed by atoms with Gasteiger partial charge in [0.2, 0.25) is 5.91 Å². The van der Waals surface area contributed by atoms with E-state index in [-0.39, 0.29) is 11.7 Å². The molecule has 0 fully saturated rings. The van der Waals surface area contributed by atoms with Crippen molar-refractivity contribution in [1.82, 2.24) is 14.8 Å². The summed E-state index contributed by atoms with van der Waals surface area (Å²) in [7, 11) is 1.32. The number of hydrogen-bond acceptors (Lipinski definition) is 8. The highest BCUT2D eigenvalue weighted by Gasteiger charge is 2.23. The van der Waals surface area contributed by atoms with Gasteiger partial charge >= 0.3 is 5.97 Å². The Morgan fingerprint density at radius 2 is 2.00 bits per heavy atom. The molecule has 12 heteroatoms. The average molecular weight is 543 g/mol. The molecule has 1 aromatic carbocycles. The van der Waals surface area contributed by atoms with Crippen LogP contribution in [0.4, 0.5) is 5.00 Å². The van der Waals surface area contributed by atoms with Crippen molar-refractivity contribution in [2.24, 2.45) is 0 Å². The molecule has 2 aromatic heterocycles. The summed E-state index contributed by atoms with van der Waals surface area (Å²) in [5.74, 6) is 0.443. The molecule has 1 amide bonds. The minimum atomic E-state index is -0.477. The summed E-state index contributed by atoms with van der Waals surface area (Å²) in [5, 5.41) is 13.3. The van der Waals surface area contributed by atoms with E-state index in [1.54, 1.807) is 18.2 Å². The van der Waals surface area contributed by atoms with Crippen LogP contribution in [0.5, 0.6) is 5.75 Å². The summed E-state index contributed by atoms with van der Waals surface area (Å²) >= 11 is 14.8. The van der Waals surface area contributed by atoms with E-state index in [0.29, 0.717) is 43.9 Å². The van der Waals surface area contributed by atoms with Gasteiger partial charge in [-0.2, -0.15) is 0 Å². The van der Waals surface area contributed by atoms with Gasteiger partial charge in [-0.1, -0.05) is 35.0 Å². The zero-order chi connectivity index (χ0) is 25.0. The first-order chi connectivity index (χ1) is 16.2. The summed E-state index contributed by atoms with van der Waals surface area (Å²) in [4.78, 5) is 25.7. The highest BCUT2D eigenvalue weighted by Crippen LogP contribution is 2.34. The zero-order valence-corrected chi connectivity index (χ0v) is 22.4. The Bertz CT molecular complexity index is 1210. The fourth-order valence-corrected chi connectivity index (χ4v) is 5.50. The topological polar surface area (TPSA) is 95.3 Å². The van der Waals surface area contributed by atoms with Crippen molar-refractivity contribution in [3.05, 3.63) is 50.1 Å². The molecule has 0 aliphatic carbocycles. The largest absolute Gasteiger partial charge is 0.481 e. The van der Waals surface area contributed by atoms with E-state index in [1.165, 1.54) is 30.2 Å². The molecule has 0 aliphatic rings. The quantitative estimate of drug-likeness (QED) is 0.264. The molecule has 0 spiro atoms. The van der Waals surface area contributed by atoms with Crippen molar-refractivity contribution < 1.29 is 19.1 Å². The molecule has 0 aliphatic heterocycles. The number of hydrogen-bond donors (Lipinski definition) is 1. The molecule has 3 aromatic rings. The lowest BCUT2D eigenvalue weighted by Gasteiger charge is -2.16. The fraction of sp³-hybridized carbons (Fsp3) is 0.364. The number of aromatic nitrogens is 3. The maximum Gasteiger partial charge on any atom is 0.341 e. The fourth-order valence-electron chi connectivity index (χ4n) is 3.17. The van der Waals surface area contributed by atoms with Gasteiger partial charge in [0.15, 0.2) is 17.1 Å². The van der Waals surface area contributed by atoms with Gasteiger partial charge in [0.05, 0.1) is 23.4 Å². The van der Waals surface area contributed by atoms with Crippen LogP contribution in [0.15, 0.2) is 23.4 Å². The van der Waals surface area contributed by atoms with Crippen LogP contribution in [-0.2, 0) is 16.1 Å². The van der Waals surface area contributed by atoms with Crippen LogP contribution in [0.2, 0.25) is 10.0 Å². The first-order valence-corrected chi connectivity index (χ1v) is 12.9. The number of carbonyl (C=O) groups excluding carboxylic acids is 2. The number of nitrogens with one attached hydrogen (secondary N) is 1. The number of amides is 1. The monoisotopic (exact) mass is 542 g/mol. The Labute approximate surface area is 215 Å². The van der Waals surface area contributed by atoms with Gasteiger partial charge in [-0.05, 0) is 51.5 Å². The second-order valence-corrected chi connectivity index (χ2v) is 10.2. The molecule has 34 heavy (non-hydrogen) atoms. The number of esters is 1. The second kappa shape index (κ2) is 11.4. The molecule has 0 saturated heterocycles. The average Bonchev–Trinajstić information content (AvgIpc) is 3.33. The molecule has 1 unspecified atom stereocenters. The van der Waals surface area contributed by atoms with Gasteiger partial charge in [0.1, 0.15) is 10.8 Å². The van der Waals surface area contributed by atoms with E-state index < -0.39 is 12.1 Å². The Balaban J connectivity index is 1.69. The normalized spacial score (nSPS) is 11.9. The number of thioether (sulfide) groups is 1. The molecule has 182 valence electrons. The Kier molecular flexibility index (Phi) is 8.86. The van der Waals surface area contributed by atoms with Gasteiger partial charge in [0.25, 0.3) is 0 Å². The van der Waals surface area contributed by atoms with Crippen molar-refractivity contribution in [2.75, 3.05) is 18.2 Å². The van der Waals surface area contributed by atoms with Gasteiger partial charge in [-0.3, -0.25) is 4.79 Å². The molecule has 1 N–H and O–H groups in total. The number of aryl methyl sites for hydroxylation is 1. The van der Waals surface area contributed by atoms with Crippen LogP contribution in [0.25, 0.3) is 0 Å². The van der Waals surface area contributed by atoms with E-state index in [2.05, 4.69) is 15.5 Å². The molecule has 3 rings (SSSR count). The number of benzene rings is 1. The third-order valence-electron chi connectivity index (χ3n) is 4.98. The van der Waals surface area contributed by atoms with E-state index in [1.807, 2.05) is 32.3 Å². The Morgan fingerprint density at radius 1 is 1.26 bits per heavy atom. The van der Waals surface area contributed by atoms with Gasteiger partial charge in [0, 0.05) is 16.4 Å². The Morgan fingerprint density at radius 3 is 2.65 bits per heavy atom. The van der Waals surface area contributed by atoms with Crippen LogP contribution in [-0.4, -0.2) is 39.5 Å². The van der Waals surface area contributed by atoms with E-state index in [4.69, 9.17) is 32.7 Å². The van der Waals surface area contributed by atoms with Crippen LogP contribution in [0, 0.1) is 13.8 Å². The van der Waals surface area contributed by atoms with E-state index in [9.17, 15) is 9.59 Å². The van der Waals surface area contributed by atoms with Crippen molar-refractivity contribution in [3.8, 4) is 5.75 Å². The maximum absolute atomic E-state index is 12.6. The third kappa shape index (κ3) is 5.86. The number of anilines is 1. The van der Waals surface area contributed by atoms with Crippen LogP contribution in [0.1, 0.15) is 46.6 Å². The number of nitrogens with zero attached hydrogens (tertiary/aromatic N) is 3. The molecule has 0 saturated carbocycles. The van der Waals surface area contributed by atoms with Crippen LogP contribution >= 0.6 is 46.3 Å². The maximum atomic E-state index is 12.6. The summed E-state index contributed by atoms with van der Waals surface area (Å²) < 4.78 is 12.7. The molecular formula is C22H24Cl2N4O4S2. The van der Waals surface area contributed by atoms with E-state index >= 15 is 0 Å². The standard InChI is InChI=1S/C22H24Cl2N4O4S2/c1-6-28-19(12(3)32-16-8-7-14(23)9-15(16)24)26-27-22(28)33-10-17(29)25-20-18(21(30)31-5)11(2)13(4)34-20/h7-9,12H,6,10H2,1-5H3,(H,25,29). The summed E-state index contributed by atoms with van der Waals surface area (Å²) in [6, 6.07) is 5.00. The van der Waals surface area contributed by atoms with Crippen molar-refractivity contribution in [3.63, 3.8) is 0 Å². The molecule has 1 atom stereocenters. The minimum absolute atomic E-state index is 0.0903. The third-order valence-corrected chi connectivity index (χ3v) is 7.60. The predicted molar refractivity (Wildman–Crippen MR) is 136 cm³/mol. The lowest BCUT2D eigenvalue weighted by Crippen LogP contribution is -2.17. The summed E-state index contributed by atoms with van der Waals surface area (Å²) in [6.45, 7) is 8.11. The minimum Gasteiger partial charge on any atom is -0.481 e. The van der Waals surface area contributed by atoms with Crippen LogP contribution in [0.3, 0.4) is 0 Å². The van der Waals surface area contributed by atoms with Gasteiger partial charge < -0.3 is 19.4 Å². The predicted octanol–water partition coefficient (Wildman–Crippen LogP) is 5.94. The SMILES string of the molecule is CCn1c(SCC(=O)Nc2sc(C)c(C)c2C(=O)OC)nnc1C(C)Oc1ccc(Cl)cc1Cl. The smallest absolute Gasteiger partial charge is 0.341 e. The highest BCUT2D eigenvalue weighted by molar-refractivity contribution is 7.99. The van der Waals surface area contributed by atoms with Gasteiger partial charge in [-0.15, -0.1) is 21.5 Å². The van der Waals surface area contributed by atoms with E-state index in [0.717, 1.165) is 10.4 Å². The number of halogens is 2. The zero-order valence-electron chi connectivity index (χ0n) is 19.3. The molecule has 8 nitrogen and oxygen atoms in total. The number of rotatable bonds is 9. The Hall–Kier alpha value is -2.27. The van der Waals surface area contributed by atoms with Crippen LogP contribution < -0.4 is 10.1 Å². The molecule has 0 bridgehead atoms. The molecular weight excluding hydrogens is 519 g/mol. The lowest BCUT2D eigenvalue weighted by molar-refractivity contribution is -0.113. The number of thiophene rings is 1. The molecule has 2 heterocycles. The van der Waals surface area contributed by atoms with Crippen molar-refractivity contribution >= 4 is 63.2 Å². The summed E-state index contributed by atoms with van der Waals surface area (Å²) in [6.07, 6.45) is -0.436. The first-order valence-electron chi connectivity index (χ1n) is 10.3. The second-order valence-electron chi connectivity index (χ2n) is 7.24. The van der Waals surface area contributed by atoms with Crippen molar-refractivity contribution in [2.45, 2.75) is 45.5 Å². The lowest BCUT2D eigenvalue weighted by atomic mass is 10.1. The highest BCUT2D eigenvalue weighted by atomic mass is 35.5. The number of carbonyl (C=O) groups is 2. The van der Waals surface area contributed by atoms with Gasteiger partial charge in [-0.25, -0.2) is 4.79 Å². The first kappa shape index (κ1) is 26.3. The van der Waals surface area contributed by atoms with Crippen molar-refractivity contribution in [1.29, 1.82) is 0 Å². The summed E-state index contributed by atoms with van der Waals surface area (Å²) in [5.41, 5.74) is 1.18. The number of methoxy groups -OCH3 is 1. The molecule has 0 radical (unpaired) electrons. The number of ether oxygens (including phenoxy) is 2.